The van der Waals surface area contributed by atoms with Crippen LogP contribution in [-0.2, 0) is 6.54 Å². The second-order valence-electron chi connectivity index (χ2n) is 8.53. The predicted molar refractivity (Wildman–Crippen MR) is 133 cm³/mol. The summed E-state index contributed by atoms with van der Waals surface area (Å²) in [6.45, 7) is 0.843. The number of hydrogen-bond donors (Lipinski definition) is 2. The van der Waals surface area contributed by atoms with Crippen LogP contribution >= 0.6 is 11.8 Å². The third kappa shape index (κ3) is 7.74. The van der Waals surface area contributed by atoms with Crippen molar-refractivity contribution < 1.29 is 9.59 Å². The van der Waals surface area contributed by atoms with Gasteiger partial charge in [0.1, 0.15) is 11.1 Å². The van der Waals surface area contributed by atoms with Crippen molar-refractivity contribution in [2.75, 3.05) is 18.6 Å². The van der Waals surface area contributed by atoms with Gasteiger partial charge in [-0.15, -0.1) is 0 Å². The lowest BCUT2D eigenvalue weighted by molar-refractivity contribution is 0.0928. The summed E-state index contributed by atoms with van der Waals surface area (Å²) in [6, 6.07) is 5.64. The molecule has 8 heteroatoms. The lowest BCUT2D eigenvalue weighted by Gasteiger charge is -2.21. The average Bonchev–Trinajstić information content (AvgIpc) is 2.80. The van der Waals surface area contributed by atoms with E-state index in [9.17, 15) is 14.4 Å². The number of rotatable bonds is 9. The van der Waals surface area contributed by atoms with Gasteiger partial charge in [0, 0.05) is 31.2 Å². The summed E-state index contributed by atoms with van der Waals surface area (Å²) < 4.78 is 1.70. The van der Waals surface area contributed by atoms with E-state index >= 15 is 0 Å². The second kappa shape index (κ2) is 13.2. The summed E-state index contributed by atoms with van der Waals surface area (Å²) in [7, 11) is 0. The minimum atomic E-state index is -0.530. The fourth-order valence-corrected chi connectivity index (χ4v) is 4.54. The molecule has 2 aromatic rings. The van der Waals surface area contributed by atoms with E-state index in [1.165, 1.54) is 25.5 Å². The normalized spacial score (nSPS) is 14.8. The molecule has 1 saturated carbocycles. The highest BCUT2D eigenvalue weighted by Gasteiger charge is 2.22. The Hall–Kier alpha value is -2.61. The molecule has 33 heavy (non-hydrogen) atoms. The number of carbonyl (C=O) groups excluding carboxylic acids is 2. The lowest BCUT2D eigenvalue weighted by Crippen LogP contribution is -2.40. The molecule has 1 aliphatic rings. The number of aromatic nitrogens is 2. The van der Waals surface area contributed by atoms with Crippen LogP contribution in [0, 0.1) is 0 Å². The topological polar surface area (TPSA) is 93.1 Å². The Labute approximate surface area is 199 Å². The Balaban J connectivity index is 1.84. The molecule has 2 N–H and O–H groups in total. The fraction of sp³-hybridized carbons (Fsp3) is 0.520. The van der Waals surface area contributed by atoms with Crippen molar-refractivity contribution in [3.8, 4) is 0 Å². The van der Waals surface area contributed by atoms with E-state index < -0.39 is 17.2 Å². The second-order valence-corrected chi connectivity index (χ2v) is 9.51. The van der Waals surface area contributed by atoms with Crippen molar-refractivity contribution in [3.05, 3.63) is 63.8 Å². The van der Waals surface area contributed by atoms with Gasteiger partial charge in [-0.25, -0.2) is 0 Å². The maximum Gasteiger partial charge on any atom is 0.256 e. The van der Waals surface area contributed by atoms with Crippen LogP contribution in [-0.4, -0.2) is 46.0 Å². The van der Waals surface area contributed by atoms with Crippen LogP contribution < -0.4 is 16.1 Å². The largest absolute Gasteiger partial charge is 0.352 e. The standard InChI is InChI=1S/C25H34N4O3S/c1-33-15-9-14-27-24(31)21-17-29(16-20-12-7-8-13-26-20)18-22(23(21)30)25(32)28-19-10-5-3-2-4-6-11-19/h7-8,12-13,17-19H,2-6,9-11,14-16H2,1H3,(H,27,31)(H,28,32). The third-order valence-electron chi connectivity index (χ3n) is 5.89. The lowest BCUT2D eigenvalue weighted by atomic mass is 9.96. The molecule has 7 nitrogen and oxygen atoms in total. The van der Waals surface area contributed by atoms with Gasteiger partial charge in [0.25, 0.3) is 11.8 Å². The Bertz CT molecular complexity index is 969. The Morgan fingerprint density at radius 1 is 1.06 bits per heavy atom. The average molecular weight is 471 g/mol. The first-order valence-corrected chi connectivity index (χ1v) is 13.2. The molecule has 0 atom stereocenters. The number of nitrogens with one attached hydrogen (secondary N) is 2. The molecular weight excluding hydrogens is 436 g/mol. The van der Waals surface area contributed by atoms with Crippen LogP contribution in [0.1, 0.15) is 77.8 Å². The molecule has 2 heterocycles. The third-order valence-corrected chi connectivity index (χ3v) is 6.59. The SMILES string of the molecule is CSCCCNC(=O)c1cn(Cc2ccccn2)cc(C(=O)NC2CCCCCCC2)c1=O. The van der Waals surface area contributed by atoms with Gasteiger partial charge in [-0.1, -0.05) is 38.2 Å². The van der Waals surface area contributed by atoms with Crippen molar-refractivity contribution in [1.29, 1.82) is 0 Å². The highest BCUT2D eigenvalue weighted by atomic mass is 32.2. The summed E-state index contributed by atoms with van der Waals surface area (Å²) in [6.07, 6.45) is 15.2. The first kappa shape index (κ1) is 25.0. The molecule has 0 bridgehead atoms. The van der Waals surface area contributed by atoms with Gasteiger partial charge in [0.2, 0.25) is 5.43 Å². The monoisotopic (exact) mass is 470 g/mol. The number of pyridine rings is 2. The molecule has 1 fully saturated rings. The summed E-state index contributed by atoms with van der Waals surface area (Å²) in [5, 5.41) is 5.87. The molecular formula is C25H34N4O3S. The minimum Gasteiger partial charge on any atom is -0.352 e. The number of amides is 2. The number of thioether (sulfide) groups is 1. The Kier molecular flexibility index (Phi) is 10.00. The van der Waals surface area contributed by atoms with E-state index in [-0.39, 0.29) is 17.2 Å². The van der Waals surface area contributed by atoms with Crippen molar-refractivity contribution >= 4 is 23.6 Å². The molecule has 3 rings (SSSR count). The predicted octanol–water partition coefficient (Wildman–Crippen LogP) is 3.62. The molecule has 2 amide bonds. The van der Waals surface area contributed by atoms with Gasteiger partial charge < -0.3 is 15.2 Å². The van der Waals surface area contributed by atoms with E-state index in [2.05, 4.69) is 15.6 Å². The zero-order valence-electron chi connectivity index (χ0n) is 19.3. The number of carbonyl (C=O) groups is 2. The maximum atomic E-state index is 13.2. The number of nitrogens with zero attached hydrogens (tertiary/aromatic N) is 2. The fourth-order valence-electron chi connectivity index (χ4n) is 4.10. The highest BCUT2D eigenvalue weighted by molar-refractivity contribution is 7.98. The molecule has 0 saturated heterocycles. The van der Waals surface area contributed by atoms with Crippen LogP contribution in [0.15, 0.2) is 41.6 Å². The first-order chi connectivity index (χ1) is 16.1. The molecule has 0 radical (unpaired) electrons. The summed E-state index contributed by atoms with van der Waals surface area (Å²) in [5.74, 6) is 0.0717. The Morgan fingerprint density at radius 3 is 2.42 bits per heavy atom. The van der Waals surface area contributed by atoms with Crippen LogP contribution in [0.2, 0.25) is 0 Å². The summed E-state index contributed by atoms with van der Waals surface area (Å²) in [4.78, 5) is 43.4. The van der Waals surface area contributed by atoms with Crippen LogP contribution in [0.5, 0.6) is 0 Å². The summed E-state index contributed by atoms with van der Waals surface area (Å²) in [5.41, 5.74) is 0.238. The van der Waals surface area contributed by atoms with Crippen molar-refractivity contribution in [1.82, 2.24) is 20.2 Å². The molecule has 0 aromatic carbocycles. The van der Waals surface area contributed by atoms with Gasteiger partial charge >= 0.3 is 0 Å². The van der Waals surface area contributed by atoms with Gasteiger partial charge in [0.05, 0.1) is 12.2 Å². The van der Waals surface area contributed by atoms with Crippen molar-refractivity contribution in [2.24, 2.45) is 0 Å². The molecule has 0 unspecified atom stereocenters. The number of hydrogen-bond acceptors (Lipinski definition) is 5. The molecule has 1 aliphatic carbocycles. The van der Waals surface area contributed by atoms with E-state index in [0.29, 0.717) is 13.1 Å². The summed E-state index contributed by atoms with van der Waals surface area (Å²) >= 11 is 1.70. The van der Waals surface area contributed by atoms with E-state index in [1.807, 2.05) is 24.5 Å². The quantitative estimate of drug-likeness (QED) is 0.546. The molecule has 2 aromatic heterocycles. The van der Waals surface area contributed by atoms with Crippen LogP contribution in [0.25, 0.3) is 0 Å². The van der Waals surface area contributed by atoms with Crippen LogP contribution in [0.3, 0.4) is 0 Å². The van der Waals surface area contributed by atoms with Gasteiger partial charge in [-0.2, -0.15) is 11.8 Å². The zero-order valence-corrected chi connectivity index (χ0v) is 20.2. The first-order valence-electron chi connectivity index (χ1n) is 11.8. The Morgan fingerprint density at radius 2 is 1.76 bits per heavy atom. The van der Waals surface area contributed by atoms with E-state index in [1.54, 1.807) is 28.7 Å². The molecule has 0 aliphatic heterocycles. The highest BCUT2D eigenvalue weighted by Crippen LogP contribution is 2.17. The maximum absolute atomic E-state index is 13.2. The smallest absolute Gasteiger partial charge is 0.256 e. The van der Waals surface area contributed by atoms with Crippen molar-refractivity contribution in [3.63, 3.8) is 0 Å². The zero-order chi connectivity index (χ0) is 23.5. The van der Waals surface area contributed by atoms with Gasteiger partial charge in [-0.05, 0) is 43.4 Å². The van der Waals surface area contributed by atoms with Crippen molar-refractivity contribution in [2.45, 2.75) is 64.0 Å². The van der Waals surface area contributed by atoms with Gasteiger partial charge in [-0.3, -0.25) is 19.4 Å². The van der Waals surface area contributed by atoms with E-state index in [0.717, 1.165) is 43.6 Å². The molecule has 0 spiro atoms. The molecule has 178 valence electrons. The van der Waals surface area contributed by atoms with Gasteiger partial charge in [0.15, 0.2) is 0 Å². The van der Waals surface area contributed by atoms with Crippen LogP contribution in [0.4, 0.5) is 0 Å². The van der Waals surface area contributed by atoms with E-state index in [4.69, 9.17) is 0 Å². The minimum absolute atomic E-state index is 0.00440.